The minimum absolute atomic E-state index is 0.101. The molecule has 1 fully saturated rings. The average Bonchev–Trinajstić information content (AvgIpc) is 2.38. The number of non-ortho nitro benzene ring substituents is 1. The lowest BCUT2D eigenvalue weighted by molar-refractivity contribution is -0.384. The number of hydrogen-bond acceptors (Lipinski definition) is 4. The number of hydrogen-bond donors (Lipinski definition) is 1. The molecule has 5 nitrogen and oxygen atoms in total. The van der Waals surface area contributed by atoms with Crippen LogP contribution in [-0.2, 0) is 0 Å². The SMILES string of the molecule is CN(c1ccc([N+](=O)[O-])cc1I)C1CCCCC1O. The number of rotatable bonds is 3. The second-order valence-electron chi connectivity index (χ2n) is 4.92. The van der Waals surface area contributed by atoms with Crippen LogP contribution in [0.1, 0.15) is 25.7 Å². The van der Waals surface area contributed by atoms with Crippen LogP contribution in [0.15, 0.2) is 18.2 Å². The van der Waals surface area contributed by atoms with E-state index in [1.807, 2.05) is 7.05 Å². The van der Waals surface area contributed by atoms with E-state index >= 15 is 0 Å². The van der Waals surface area contributed by atoms with Crippen molar-refractivity contribution < 1.29 is 10.0 Å². The van der Waals surface area contributed by atoms with Gasteiger partial charge in [0.15, 0.2) is 0 Å². The number of aliphatic hydroxyl groups is 1. The monoisotopic (exact) mass is 376 g/mol. The number of likely N-dealkylation sites (N-methyl/N-ethyl adjacent to an activating group) is 1. The van der Waals surface area contributed by atoms with Gasteiger partial charge in [-0.15, -0.1) is 0 Å². The maximum Gasteiger partial charge on any atom is 0.270 e. The summed E-state index contributed by atoms with van der Waals surface area (Å²) in [6, 6.07) is 4.95. The van der Waals surface area contributed by atoms with Crippen molar-refractivity contribution in [1.82, 2.24) is 0 Å². The molecule has 1 aromatic carbocycles. The van der Waals surface area contributed by atoms with Crippen molar-refractivity contribution >= 4 is 34.0 Å². The number of nitro groups is 1. The van der Waals surface area contributed by atoms with Gasteiger partial charge in [-0.2, -0.15) is 0 Å². The first kappa shape index (κ1) is 14.5. The lowest BCUT2D eigenvalue weighted by atomic mass is 9.91. The van der Waals surface area contributed by atoms with Gasteiger partial charge in [0.1, 0.15) is 0 Å². The lowest BCUT2D eigenvalue weighted by Crippen LogP contribution is -2.43. The molecule has 1 aliphatic carbocycles. The fourth-order valence-corrected chi connectivity index (χ4v) is 3.50. The van der Waals surface area contributed by atoms with Crippen molar-refractivity contribution in [2.75, 3.05) is 11.9 Å². The van der Waals surface area contributed by atoms with Crippen LogP contribution < -0.4 is 4.90 Å². The first-order valence-electron chi connectivity index (χ1n) is 6.35. The van der Waals surface area contributed by atoms with Crippen molar-refractivity contribution in [3.05, 3.63) is 31.9 Å². The molecule has 1 saturated carbocycles. The molecule has 19 heavy (non-hydrogen) atoms. The van der Waals surface area contributed by atoms with Crippen molar-refractivity contribution in [2.45, 2.75) is 37.8 Å². The zero-order valence-electron chi connectivity index (χ0n) is 10.8. The Morgan fingerprint density at radius 1 is 1.42 bits per heavy atom. The van der Waals surface area contributed by atoms with Crippen LogP contribution in [0.2, 0.25) is 0 Å². The summed E-state index contributed by atoms with van der Waals surface area (Å²) in [6.07, 6.45) is 3.67. The molecule has 0 amide bonds. The summed E-state index contributed by atoms with van der Waals surface area (Å²) in [5.74, 6) is 0. The average molecular weight is 376 g/mol. The van der Waals surface area contributed by atoms with Gasteiger partial charge in [0.2, 0.25) is 0 Å². The lowest BCUT2D eigenvalue weighted by Gasteiger charge is -2.37. The van der Waals surface area contributed by atoms with Crippen LogP contribution in [0.25, 0.3) is 0 Å². The highest BCUT2D eigenvalue weighted by atomic mass is 127. The van der Waals surface area contributed by atoms with E-state index in [0.29, 0.717) is 0 Å². The molecule has 0 spiro atoms. The normalized spacial score (nSPS) is 23.1. The number of halogens is 1. The van der Waals surface area contributed by atoms with E-state index in [4.69, 9.17) is 0 Å². The van der Waals surface area contributed by atoms with E-state index in [1.54, 1.807) is 12.1 Å². The molecule has 0 bridgehead atoms. The fourth-order valence-electron chi connectivity index (χ4n) is 2.62. The molecule has 2 atom stereocenters. The van der Waals surface area contributed by atoms with E-state index < -0.39 is 0 Å². The Morgan fingerprint density at radius 2 is 2.11 bits per heavy atom. The third-order valence-electron chi connectivity index (χ3n) is 3.71. The van der Waals surface area contributed by atoms with Gasteiger partial charge >= 0.3 is 0 Å². The van der Waals surface area contributed by atoms with E-state index in [9.17, 15) is 15.2 Å². The molecule has 0 radical (unpaired) electrons. The highest BCUT2D eigenvalue weighted by Crippen LogP contribution is 2.31. The Bertz CT molecular complexity index is 481. The summed E-state index contributed by atoms with van der Waals surface area (Å²) >= 11 is 2.11. The van der Waals surface area contributed by atoms with Crippen molar-refractivity contribution in [2.24, 2.45) is 0 Å². The number of nitrogens with zero attached hydrogens (tertiary/aromatic N) is 2. The number of nitro benzene ring substituents is 1. The molecule has 1 aliphatic rings. The van der Waals surface area contributed by atoms with Gasteiger partial charge in [-0.3, -0.25) is 10.1 Å². The van der Waals surface area contributed by atoms with Gasteiger partial charge in [0.05, 0.1) is 22.8 Å². The smallest absolute Gasteiger partial charge is 0.270 e. The molecule has 0 saturated heterocycles. The van der Waals surface area contributed by atoms with E-state index in [2.05, 4.69) is 27.5 Å². The molecule has 6 heteroatoms. The molecular weight excluding hydrogens is 359 g/mol. The second kappa shape index (κ2) is 6.04. The zero-order chi connectivity index (χ0) is 14.0. The summed E-state index contributed by atoms with van der Waals surface area (Å²) in [5.41, 5.74) is 1.04. The maximum atomic E-state index is 10.7. The van der Waals surface area contributed by atoms with Crippen LogP contribution in [0, 0.1) is 13.7 Å². The van der Waals surface area contributed by atoms with Crippen LogP contribution in [0.4, 0.5) is 11.4 Å². The largest absolute Gasteiger partial charge is 0.391 e. The Balaban J connectivity index is 2.23. The van der Waals surface area contributed by atoms with Gasteiger partial charge in [-0.25, -0.2) is 0 Å². The summed E-state index contributed by atoms with van der Waals surface area (Å²) in [5, 5.41) is 20.8. The van der Waals surface area contributed by atoms with Gasteiger partial charge in [0.25, 0.3) is 5.69 Å². The first-order valence-corrected chi connectivity index (χ1v) is 7.43. The predicted molar refractivity (Wildman–Crippen MR) is 82.5 cm³/mol. The van der Waals surface area contributed by atoms with Crippen LogP contribution >= 0.6 is 22.6 Å². The molecule has 0 heterocycles. The van der Waals surface area contributed by atoms with Gasteiger partial charge < -0.3 is 10.0 Å². The highest BCUT2D eigenvalue weighted by molar-refractivity contribution is 14.1. The Kier molecular flexibility index (Phi) is 4.62. The van der Waals surface area contributed by atoms with Gasteiger partial charge in [-0.05, 0) is 41.5 Å². The number of anilines is 1. The standard InChI is InChI=1S/C13H17IN2O3/c1-15(12-4-2-3-5-13(12)17)11-7-6-9(16(18)19)8-10(11)14/h6-8,12-13,17H,2-5H2,1H3. The summed E-state index contributed by atoms with van der Waals surface area (Å²) in [7, 11) is 1.95. The number of aliphatic hydroxyl groups excluding tert-OH is 1. The summed E-state index contributed by atoms with van der Waals surface area (Å²) < 4.78 is 0.840. The molecule has 2 rings (SSSR count). The molecule has 0 aliphatic heterocycles. The zero-order valence-corrected chi connectivity index (χ0v) is 12.9. The van der Waals surface area contributed by atoms with Crippen molar-refractivity contribution in [3.8, 4) is 0 Å². The molecule has 2 unspecified atom stereocenters. The quantitative estimate of drug-likeness (QED) is 0.501. The van der Waals surface area contributed by atoms with Crippen LogP contribution in [0.5, 0.6) is 0 Å². The Labute approximate surface area is 125 Å². The Morgan fingerprint density at radius 3 is 2.68 bits per heavy atom. The van der Waals surface area contributed by atoms with Crippen LogP contribution in [0.3, 0.4) is 0 Å². The third kappa shape index (κ3) is 3.17. The number of benzene rings is 1. The van der Waals surface area contributed by atoms with E-state index in [-0.39, 0.29) is 22.8 Å². The topological polar surface area (TPSA) is 66.6 Å². The highest BCUT2D eigenvalue weighted by Gasteiger charge is 2.28. The second-order valence-corrected chi connectivity index (χ2v) is 6.09. The predicted octanol–water partition coefficient (Wildman–Crippen LogP) is 2.94. The molecule has 1 N–H and O–H groups in total. The third-order valence-corrected chi connectivity index (χ3v) is 4.58. The minimum Gasteiger partial charge on any atom is -0.391 e. The molecular formula is C13H17IN2O3. The fraction of sp³-hybridized carbons (Fsp3) is 0.538. The van der Waals surface area contributed by atoms with E-state index in [0.717, 1.165) is 34.9 Å². The first-order chi connectivity index (χ1) is 9.00. The summed E-state index contributed by atoms with van der Waals surface area (Å²) in [4.78, 5) is 12.4. The maximum absolute atomic E-state index is 10.7. The Hall–Kier alpha value is -0.890. The minimum atomic E-state index is -0.388. The molecule has 0 aromatic heterocycles. The van der Waals surface area contributed by atoms with Gasteiger partial charge in [0, 0.05) is 22.8 Å². The van der Waals surface area contributed by atoms with Crippen LogP contribution in [-0.4, -0.2) is 29.2 Å². The van der Waals surface area contributed by atoms with Gasteiger partial charge in [-0.1, -0.05) is 12.8 Å². The molecule has 104 valence electrons. The van der Waals surface area contributed by atoms with E-state index in [1.165, 1.54) is 6.07 Å². The van der Waals surface area contributed by atoms with Crippen molar-refractivity contribution in [1.29, 1.82) is 0 Å². The molecule has 1 aromatic rings. The summed E-state index contributed by atoms with van der Waals surface area (Å²) in [6.45, 7) is 0. The van der Waals surface area contributed by atoms with Crippen molar-refractivity contribution in [3.63, 3.8) is 0 Å².